The predicted octanol–water partition coefficient (Wildman–Crippen LogP) is 2.74. The van der Waals surface area contributed by atoms with Crippen molar-refractivity contribution in [2.75, 3.05) is 25.4 Å². The maximum atomic E-state index is 6.24. The number of pyridine rings is 1. The molecule has 1 aliphatic heterocycles. The van der Waals surface area contributed by atoms with Gasteiger partial charge < -0.3 is 20.4 Å². The van der Waals surface area contributed by atoms with Gasteiger partial charge >= 0.3 is 0 Å². The van der Waals surface area contributed by atoms with Gasteiger partial charge in [-0.05, 0) is 30.2 Å². The molecule has 4 aromatic rings. The van der Waals surface area contributed by atoms with Crippen LogP contribution in [0.5, 0.6) is 5.75 Å². The van der Waals surface area contributed by atoms with Crippen LogP contribution in [0.15, 0.2) is 41.2 Å². The van der Waals surface area contributed by atoms with E-state index in [2.05, 4.69) is 15.6 Å². The van der Waals surface area contributed by atoms with Crippen molar-refractivity contribution in [1.82, 2.24) is 30.2 Å². The van der Waals surface area contributed by atoms with Gasteiger partial charge in [0.25, 0.3) is 0 Å². The van der Waals surface area contributed by atoms with Crippen LogP contribution < -0.4 is 15.8 Å². The quantitative estimate of drug-likeness (QED) is 0.503. The summed E-state index contributed by atoms with van der Waals surface area (Å²) < 4.78 is 13.1. The summed E-state index contributed by atoms with van der Waals surface area (Å²) in [7, 11) is 0. The van der Waals surface area contributed by atoms with Crippen LogP contribution >= 0.6 is 0 Å². The minimum absolute atomic E-state index is 0.203. The van der Waals surface area contributed by atoms with Gasteiger partial charge in [0.05, 0.1) is 18.5 Å². The van der Waals surface area contributed by atoms with Crippen molar-refractivity contribution in [2.24, 2.45) is 5.92 Å². The van der Waals surface area contributed by atoms with Crippen molar-refractivity contribution < 1.29 is 9.37 Å². The molecule has 9 nitrogen and oxygen atoms in total. The number of nitrogens with two attached hydrogens (primary N) is 1. The van der Waals surface area contributed by atoms with Crippen LogP contribution in [0.25, 0.3) is 33.8 Å². The van der Waals surface area contributed by atoms with Crippen LogP contribution in [0.2, 0.25) is 0 Å². The van der Waals surface area contributed by atoms with Crippen LogP contribution in [-0.2, 0) is 6.54 Å². The van der Waals surface area contributed by atoms with Crippen LogP contribution in [0, 0.1) is 5.92 Å². The Morgan fingerprint density at radius 3 is 2.80 bits per heavy atom. The molecule has 0 bridgehead atoms. The molecule has 30 heavy (non-hydrogen) atoms. The van der Waals surface area contributed by atoms with Gasteiger partial charge in [-0.3, -0.25) is 0 Å². The molecule has 0 radical (unpaired) electrons. The van der Waals surface area contributed by atoms with E-state index in [1.807, 2.05) is 41.8 Å². The Hall–Kier alpha value is -3.46. The van der Waals surface area contributed by atoms with Crippen LogP contribution in [-0.4, -0.2) is 44.5 Å². The normalized spacial score (nSPS) is 16.4. The molecule has 1 aromatic carbocycles. The molecular weight excluding hydrogens is 382 g/mol. The first-order valence-corrected chi connectivity index (χ1v) is 10.1. The zero-order chi connectivity index (χ0) is 20.5. The van der Waals surface area contributed by atoms with E-state index in [4.69, 9.17) is 25.1 Å². The minimum Gasteiger partial charge on any atom is -0.489 e. The van der Waals surface area contributed by atoms with Gasteiger partial charge in [-0.2, -0.15) is 0 Å². The average molecular weight is 405 g/mol. The van der Waals surface area contributed by atoms with Crippen molar-refractivity contribution >= 4 is 16.9 Å². The van der Waals surface area contributed by atoms with Gasteiger partial charge in [0.2, 0.25) is 0 Å². The number of nitrogens with zero attached hydrogens (tertiary/aromatic N) is 5. The highest BCUT2D eigenvalue weighted by molar-refractivity contribution is 5.95. The molecule has 5 rings (SSSR count). The SMILES string of the molecule is CCn1c(-c2nonc2N)nc2c(-c3ccccc3)ncc(OCC3CCNC3)c21. The van der Waals surface area contributed by atoms with Crippen molar-refractivity contribution in [1.29, 1.82) is 0 Å². The number of imidazole rings is 1. The van der Waals surface area contributed by atoms with Crippen molar-refractivity contribution in [3.8, 4) is 28.5 Å². The fraction of sp³-hybridized carbons (Fsp3) is 0.333. The highest BCUT2D eigenvalue weighted by atomic mass is 16.6. The summed E-state index contributed by atoms with van der Waals surface area (Å²) >= 11 is 0. The smallest absolute Gasteiger partial charge is 0.199 e. The summed E-state index contributed by atoms with van der Waals surface area (Å²) in [6.45, 7) is 5.33. The molecule has 0 amide bonds. The van der Waals surface area contributed by atoms with E-state index in [1.54, 1.807) is 6.20 Å². The largest absolute Gasteiger partial charge is 0.489 e. The summed E-state index contributed by atoms with van der Waals surface area (Å²) in [5.74, 6) is 1.98. The number of nitrogens with one attached hydrogen (secondary N) is 1. The lowest BCUT2D eigenvalue weighted by Gasteiger charge is -2.14. The van der Waals surface area contributed by atoms with Crippen LogP contribution in [0.1, 0.15) is 13.3 Å². The minimum atomic E-state index is 0.203. The number of benzene rings is 1. The molecular formula is C21H23N7O2. The summed E-state index contributed by atoms with van der Waals surface area (Å²) in [4.78, 5) is 9.58. The second kappa shape index (κ2) is 7.75. The Morgan fingerprint density at radius 1 is 1.23 bits per heavy atom. The summed E-state index contributed by atoms with van der Waals surface area (Å²) in [5.41, 5.74) is 9.76. The second-order valence-electron chi connectivity index (χ2n) is 7.38. The monoisotopic (exact) mass is 405 g/mol. The number of aromatic nitrogens is 5. The van der Waals surface area contributed by atoms with E-state index in [0.29, 0.717) is 36.3 Å². The number of fused-ring (bicyclic) bond motifs is 1. The molecule has 4 heterocycles. The highest BCUT2D eigenvalue weighted by Gasteiger charge is 2.24. The first kappa shape index (κ1) is 18.6. The summed E-state index contributed by atoms with van der Waals surface area (Å²) in [6.07, 6.45) is 2.90. The zero-order valence-corrected chi connectivity index (χ0v) is 16.7. The number of nitrogen functional groups attached to an aromatic ring is 1. The lowest BCUT2D eigenvalue weighted by atomic mass is 10.1. The molecule has 1 atom stereocenters. The third-order valence-electron chi connectivity index (χ3n) is 5.46. The van der Waals surface area contributed by atoms with E-state index in [-0.39, 0.29) is 5.82 Å². The third kappa shape index (κ3) is 3.17. The van der Waals surface area contributed by atoms with Gasteiger partial charge in [0.15, 0.2) is 23.1 Å². The molecule has 1 unspecified atom stereocenters. The molecule has 1 saturated heterocycles. The number of rotatable bonds is 6. The number of anilines is 1. The topological polar surface area (TPSA) is 117 Å². The summed E-state index contributed by atoms with van der Waals surface area (Å²) in [5, 5.41) is 11.1. The molecule has 1 fully saturated rings. The van der Waals surface area contributed by atoms with Crippen LogP contribution in [0.3, 0.4) is 0 Å². The molecule has 3 N–H and O–H groups in total. The Kier molecular flexibility index (Phi) is 4.80. The molecule has 0 saturated carbocycles. The van der Waals surface area contributed by atoms with Crippen LogP contribution in [0.4, 0.5) is 5.82 Å². The van der Waals surface area contributed by atoms with Crippen molar-refractivity contribution in [2.45, 2.75) is 19.9 Å². The van der Waals surface area contributed by atoms with E-state index in [0.717, 1.165) is 41.8 Å². The Bertz CT molecular complexity index is 1160. The molecule has 0 aliphatic carbocycles. The highest BCUT2D eigenvalue weighted by Crippen LogP contribution is 2.36. The molecule has 1 aliphatic rings. The fourth-order valence-electron chi connectivity index (χ4n) is 3.93. The first-order valence-electron chi connectivity index (χ1n) is 10.1. The third-order valence-corrected chi connectivity index (χ3v) is 5.46. The standard InChI is InChI=1S/C21H23N7O2/c1-2-28-19-15(29-12-13-8-9-23-10-13)11-24-16(14-6-4-3-5-7-14)17(19)25-21(28)18-20(22)27-30-26-18/h3-7,11,13,23H,2,8-10,12H2,1H3,(H2,22,27). The lowest BCUT2D eigenvalue weighted by Crippen LogP contribution is -2.16. The van der Waals surface area contributed by atoms with E-state index in [9.17, 15) is 0 Å². The van der Waals surface area contributed by atoms with Gasteiger partial charge in [-0.1, -0.05) is 30.3 Å². The molecule has 3 aromatic heterocycles. The fourth-order valence-corrected chi connectivity index (χ4v) is 3.93. The van der Waals surface area contributed by atoms with Gasteiger partial charge in [-0.25, -0.2) is 14.6 Å². The second-order valence-corrected chi connectivity index (χ2v) is 7.38. The predicted molar refractivity (Wildman–Crippen MR) is 113 cm³/mol. The number of hydrogen-bond acceptors (Lipinski definition) is 8. The van der Waals surface area contributed by atoms with E-state index in [1.165, 1.54) is 0 Å². The van der Waals surface area contributed by atoms with E-state index >= 15 is 0 Å². The molecule has 154 valence electrons. The Balaban J connectivity index is 1.69. The van der Waals surface area contributed by atoms with E-state index < -0.39 is 0 Å². The van der Waals surface area contributed by atoms with Gasteiger partial charge in [0.1, 0.15) is 11.0 Å². The van der Waals surface area contributed by atoms with Gasteiger partial charge in [-0.15, -0.1) is 0 Å². The number of aryl methyl sites for hydroxylation is 1. The zero-order valence-electron chi connectivity index (χ0n) is 16.7. The number of hydrogen-bond donors (Lipinski definition) is 2. The first-order chi connectivity index (χ1) is 14.8. The molecule has 9 heteroatoms. The summed E-state index contributed by atoms with van der Waals surface area (Å²) in [6, 6.07) is 9.98. The maximum Gasteiger partial charge on any atom is 0.199 e. The van der Waals surface area contributed by atoms with Gasteiger partial charge in [0, 0.05) is 24.6 Å². The Morgan fingerprint density at radius 2 is 2.10 bits per heavy atom. The van der Waals surface area contributed by atoms with Crippen molar-refractivity contribution in [3.05, 3.63) is 36.5 Å². The average Bonchev–Trinajstić information content (AvgIpc) is 3.52. The lowest BCUT2D eigenvalue weighted by molar-refractivity contribution is 0.261. The molecule has 0 spiro atoms. The van der Waals surface area contributed by atoms with Crippen molar-refractivity contribution in [3.63, 3.8) is 0 Å². The maximum absolute atomic E-state index is 6.24. The number of ether oxygens (including phenoxy) is 1. The Labute approximate surface area is 173 Å².